The van der Waals surface area contributed by atoms with Gasteiger partial charge in [-0.2, -0.15) is 5.10 Å². The number of aromatic carboxylic acids is 2. The number of hydrogen-bond acceptors (Lipinski definition) is 11. The van der Waals surface area contributed by atoms with E-state index in [0.717, 1.165) is 38.9 Å². The molecule has 0 amide bonds. The van der Waals surface area contributed by atoms with Gasteiger partial charge in [-0.3, -0.25) is 9.97 Å². The number of carbonyl (C=O) groups is 2. The molecule has 0 radical (unpaired) electrons. The second-order valence-corrected chi connectivity index (χ2v) is 10.5. The second-order valence-electron chi connectivity index (χ2n) is 10.5. The van der Waals surface area contributed by atoms with E-state index in [2.05, 4.69) is 25.0 Å². The number of rotatable bonds is 4. The Labute approximate surface area is 287 Å². The van der Waals surface area contributed by atoms with Crippen LogP contribution >= 0.6 is 0 Å². The van der Waals surface area contributed by atoms with Crippen molar-refractivity contribution in [2.75, 3.05) is 22.9 Å². The molecule has 0 aliphatic rings. The molecule has 4 aromatic heterocycles. The smallest absolute Gasteiger partial charge is 0.358 e. The van der Waals surface area contributed by atoms with E-state index in [9.17, 15) is 9.59 Å². The normalized spacial score (nSPS) is 10.1. The Kier molecular flexibility index (Phi) is 11.9. The van der Waals surface area contributed by atoms with Crippen molar-refractivity contribution in [3.63, 3.8) is 0 Å². The minimum absolute atomic E-state index is 0.0440. The molecule has 0 aliphatic heterocycles. The van der Waals surface area contributed by atoms with Gasteiger partial charge in [0.1, 0.15) is 11.4 Å². The minimum Gasteiger partial charge on any atom is -0.477 e. The summed E-state index contributed by atoms with van der Waals surface area (Å²) < 4.78 is 1.46. The van der Waals surface area contributed by atoms with Crippen molar-refractivity contribution in [2.45, 2.75) is 20.3 Å². The summed E-state index contributed by atoms with van der Waals surface area (Å²) in [5.41, 5.74) is 27.7. The molecule has 7 aromatic rings. The van der Waals surface area contributed by atoms with E-state index in [4.69, 9.17) is 33.1 Å². The zero-order valence-electron chi connectivity index (χ0n) is 27.3. The number of nitrogen functional groups attached to an aromatic ring is 4. The Morgan fingerprint density at radius 3 is 2.08 bits per heavy atom. The van der Waals surface area contributed by atoms with Crippen LogP contribution in [-0.2, 0) is 6.42 Å². The molecule has 4 heterocycles. The minimum atomic E-state index is -1.16. The molecule has 0 saturated carbocycles. The highest BCUT2D eigenvalue weighted by molar-refractivity contribution is 5.94. The molecule has 0 aliphatic carbocycles. The monoisotopic (exact) mass is 672 g/mol. The van der Waals surface area contributed by atoms with Crippen LogP contribution in [0.5, 0.6) is 0 Å². The van der Waals surface area contributed by atoms with Crippen LogP contribution in [0.25, 0.3) is 27.5 Å². The van der Waals surface area contributed by atoms with Gasteiger partial charge in [0.05, 0.1) is 28.1 Å². The molecule has 3 aromatic carbocycles. The van der Waals surface area contributed by atoms with E-state index in [0.29, 0.717) is 17.8 Å². The first-order valence-corrected chi connectivity index (χ1v) is 15.2. The van der Waals surface area contributed by atoms with Gasteiger partial charge in [0.25, 0.3) is 0 Å². The number of fused-ring (bicyclic) bond motifs is 2. The van der Waals surface area contributed by atoms with Crippen molar-refractivity contribution in [3.05, 3.63) is 132 Å². The zero-order chi connectivity index (χ0) is 36.2. The molecule has 0 saturated heterocycles. The fourth-order valence-corrected chi connectivity index (χ4v) is 4.61. The molecule has 0 spiro atoms. The van der Waals surface area contributed by atoms with Crippen molar-refractivity contribution < 1.29 is 19.8 Å². The number of aryl methyl sites for hydroxylation is 2. The molecule has 50 heavy (non-hydrogen) atoms. The summed E-state index contributed by atoms with van der Waals surface area (Å²) in [6.45, 7) is 3.54. The third-order valence-corrected chi connectivity index (χ3v) is 6.97. The number of aromatic nitrogens is 6. The van der Waals surface area contributed by atoms with Gasteiger partial charge in [0.2, 0.25) is 0 Å². The third kappa shape index (κ3) is 9.04. The molecule has 7 rings (SSSR count). The van der Waals surface area contributed by atoms with E-state index < -0.39 is 11.9 Å². The Morgan fingerprint density at radius 2 is 1.46 bits per heavy atom. The lowest BCUT2D eigenvalue weighted by Crippen LogP contribution is -2.07. The molecular weight excluding hydrogens is 636 g/mol. The number of nitrogens with zero attached hydrogens (tertiary/aromatic N) is 6. The predicted molar refractivity (Wildman–Crippen MR) is 195 cm³/mol. The number of para-hydroxylation sites is 1. The number of benzene rings is 3. The number of nitrogens with two attached hydrogens (primary N) is 4. The number of carboxylic acids is 2. The van der Waals surface area contributed by atoms with Crippen LogP contribution in [0.15, 0.2) is 110 Å². The van der Waals surface area contributed by atoms with Crippen LogP contribution < -0.4 is 22.9 Å². The first-order valence-electron chi connectivity index (χ1n) is 15.2. The van der Waals surface area contributed by atoms with Gasteiger partial charge >= 0.3 is 11.9 Å². The van der Waals surface area contributed by atoms with Crippen LogP contribution in [0.1, 0.15) is 39.2 Å². The van der Waals surface area contributed by atoms with E-state index >= 15 is 0 Å². The molecule has 0 atom stereocenters. The van der Waals surface area contributed by atoms with Crippen molar-refractivity contribution in [1.29, 1.82) is 0 Å². The maximum absolute atomic E-state index is 11.1. The Balaban J connectivity index is 0.000000153. The summed E-state index contributed by atoms with van der Waals surface area (Å²) in [5.74, 6) is -2.07. The standard InChI is InChI=1S/C12H13N3O2.2C9H8N2.C6H7N3O2/c1-2-9-10(12(16)17)11(13)15(14-9)8-6-4-3-5-7-8;10-8-4-1-5-9-7(8)3-2-6-11-9;10-8-3-4-9-7(6-8)2-1-5-11-9;1-3-2-8-4(6(10)11)5(7)9-3/h3-7H,2,13H2,1H3,(H,16,17);2*1-6H,10H2;2H,1H3,(H2,7,9)(H,10,11). The van der Waals surface area contributed by atoms with Gasteiger partial charge in [-0.15, -0.1) is 0 Å². The average Bonchev–Trinajstić information content (AvgIpc) is 3.46. The molecule has 14 nitrogen and oxygen atoms in total. The SMILES string of the molecule is CCc1nn(-c2ccccc2)c(N)c1C(=O)O.Cc1cnc(C(=O)O)c(N)n1.Nc1ccc2ncccc2c1.Nc1cccc2ncccc12. The van der Waals surface area contributed by atoms with Crippen molar-refractivity contribution in [3.8, 4) is 5.69 Å². The maximum atomic E-state index is 11.1. The fraction of sp³-hybridized carbons (Fsp3) is 0.0833. The zero-order valence-corrected chi connectivity index (χ0v) is 27.3. The van der Waals surface area contributed by atoms with Crippen molar-refractivity contribution >= 4 is 56.8 Å². The fourth-order valence-electron chi connectivity index (χ4n) is 4.61. The quantitative estimate of drug-likeness (QED) is 0.128. The van der Waals surface area contributed by atoms with Crippen molar-refractivity contribution in [2.24, 2.45) is 0 Å². The summed E-state index contributed by atoms with van der Waals surface area (Å²) >= 11 is 0. The van der Waals surface area contributed by atoms with Crippen LogP contribution in [0.3, 0.4) is 0 Å². The van der Waals surface area contributed by atoms with E-state index in [-0.39, 0.29) is 22.9 Å². The molecule has 0 unspecified atom stereocenters. The Bertz CT molecular complexity index is 2230. The molecule has 254 valence electrons. The highest BCUT2D eigenvalue weighted by atomic mass is 16.4. The number of carboxylic acid groups (broad SMARTS) is 2. The summed E-state index contributed by atoms with van der Waals surface area (Å²) in [6, 6.07) is 28.4. The lowest BCUT2D eigenvalue weighted by atomic mass is 10.2. The topological polar surface area (TPSA) is 248 Å². The molecular formula is C36H36N10O4. The summed E-state index contributed by atoms with van der Waals surface area (Å²) in [4.78, 5) is 37.1. The lowest BCUT2D eigenvalue weighted by Gasteiger charge is -2.02. The maximum Gasteiger partial charge on any atom is 0.358 e. The largest absolute Gasteiger partial charge is 0.477 e. The third-order valence-electron chi connectivity index (χ3n) is 6.97. The van der Waals surface area contributed by atoms with E-state index in [1.165, 1.54) is 10.9 Å². The number of pyridine rings is 2. The van der Waals surface area contributed by atoms with Gasteiger partial charge in [-0.05, 0) is 74.0 Å². The average molecular weight is 673 g/mol. The number of hydrogen-bond donors (Lipinski definition) is 6. The molecule has 14 heteroatoms. The lowest BCUT2D eigenvalue weighted by molar-refractivity contribution is 0.0683. The molecule has 10 N–H and O–H groups in total. The van der Waals surface area contributed by atoms with Gasteiger partial charge in [0, 0.05) is 40.7 Å². The van der Waals surface area contributed by atoms with Crippen molar-refractivity contribution in [1.82, 2.24) is 29.7 Å². The van der Waals surface area contributed by atoms with Crippen LogP contribution in [-0.4, -0.2) is 51.9 Å². The van der Waals surface area contributed by atoms with Crippen LogP contribution in [0.4, 0.5) is 23.0 Å². The highest BCUT2D eigenvalue weighted by Gasteiger charge is 2.20. The Morgan fingerprint density at radius 1 is 0.760 bits per heavy atom. The van der Waals surface area contributed by atoms with E-state index in [1.54, 1.807) is 19.3 Å². The molecule has 0 bridgehead atoms. The summed E-state index contributed by atoms with van der Waals surface area (Å²) in [5, 5.41) is 23.9. The highest BCUT2D eigenvalue weighted by Crippen LogP contribution is 2.21. The van der Waals surface area contributed by atoms with Crippen LogP contribution in [0, 0.1) is 6.92 Å². The van der Waals surface area contributed by atoms with Gasteiger partial charge in [0.15, 0.2) is 11.5 Å². The summed E-state index contributed by atoms with van der Waals surface area (Å²) in [6.07, 6.45) is 5.44. The first-order chi connectivity index (χ1) is 24.0. The first kappa shape index (κ1) is 35.8. The van der Waals surface area contributed by atoms with E-state index in [1.807, 2.05) is 97.9 Å². The molecule has 0 fully saturated rings. The van der Waals surface area contributed by atoms with Crippen LogP contribution in [0.2, 0.25) is 0 Å². The van der Waals surface area contributed by atoms with Gasteiger partial charge in [-0.25, -0.2) is 24.2 Å². The Hall–Kier alpha value is -7.09. The number of anilines is 4. The predicted octanol–water partition coefficient (Wildman–Crippen LogP) is 5.41. The second kappa shape index (κ2) is 16.6. The van der Waals surface area contributed by atoms with Gasteiger partial charge < -0.3 is 33.1 Å². The summed E-state index contributed by atoms with van der Waals surface area (Å²) in [7, 11) is 0. The van der Waals surface area contributed by atoms with Gasteiger partial charge in [-0.1, -0.05) is 37.3 Å².